The van der Waals surface area contributed by atoms with Crippen LogP contribution in [0.15, 0.2) is 40.9 Å². The number of carbonyl (C=O) groups is 1. The first-order valence-electron chi connectivity index (χ1n) is 7.04. The minimum atomic E-state index is 0.196. The molecule has 1 aliphatic rings. The summed E-state index contributed by atoms with van der Waals surface area (Å²) >= 11 is 3.49. The molecule has 0 amide bonds. The standard InChI is InChI=1S/C18H17BrO/c1-12-16(6-3-7-17(12)19)18(20)11-13-8-9-14-4-2-5-15(14)10-13/h3,6-10H,2,4-5,11H2,1H3. The first kappa shape index (κ1) is 13.6. The Labute approximate surface area is 128 Å². The molecule has 0 spiro atoms. The van der Waals surface area contributed by atoms with E-state index in [1.807, 2.05) is 25.1 Å². The van der Waals surface area contributed by atoms with Crippen LogP contribution in [0.5, 0.6) is 0 Å². The number of ketones is 1. The summed E-state index contributed by atoms with van der Waals surface area (Å²) in [6, 6.07) is 12.3. The van der Waals surface area contributed by atoms with Gasteiger partial charge in [0.15, 0.2) is 5.78 Å². The van der Waals surface area contributed by atoms with E-state index in [0.29, 0.717) is 6.42 Å². The van der Waals surface area contributed by atoms with E-state index < -0.39 is 0 Å². The van der Waals surface area contributed by atoms with Crippen LogP contribution in [0.1, 0.15) is 39.0 Å². The van der Waals surface area contributed by atoms with Crippen LogP contribution in [-0.4, -0.2) is 5.78 Å². The van der Waals surface area contributed by atoms with E-state index in [0.717, 1.165) is 27.6 Å². The van der Waals surface area contributed by atoms with Crippen molar-refractivity contribution in [2.45, 2.75) is 32.6 Å². The highest BCUT2D eigenvalue weighted by Gasteiger charge is 2.14. The highest BCUT2D eigenvalue weighted by molar-refractivity contribution is 9.10. The number of benzene rings is 2. The normalized spacial score (nSPS) is 13.3. The Bertz CT molecular complexity index is 673. The highest BCUT2D eigenvalue weighted by Crippen LogP contribution is 2.24. The third-order valence-electron chi connectivity index (χ3n) is 4.10. The second kappa shape index (κ2) is 5.53. The van der Waals surface area contributed by atoms with Crippen molar-refractivity contribution in [1.29, 1.82) is 0 Å². The van der Waals surface area contributed by atoms with Gasteiger partial charge in [-0.15, -0.1) is 0 Å². The van der Waals surface area contributed by atoms with E-state index in [4.69, 9.17) is 0 Å². The zero-order valence-electron chi connectivity index (χ0n) is 11.6. The maximum Gasteiger partial charge on any atom is 0.167 e. The van der Waals surface area contributed by atoms with Gasteiger partial charge in [-0.3, -0.25) is 4.79 Å². The van der Waals surface area contributed by atoms with Crippen LogP contribution in [0, 0.1) is 6.92 Å². The molecular formula is C18H17BrO. The van der Waals surface area contributed by atoms with Gasteiger partial charge in [-0.2, -0.15) is 0 Å². The average molecular weight is 329 g/mol. The molecule has 1 nitrogen and oxygen atoms in total. The number of hydrogen-bond acceptors (Lipinski definition) is 1. The van der Waals surface area contributed by atoms with Gasteiger partial charge in [-0.25, -0.2) is 0 Å². The van der Waals surface area contributed by atoms with Gasteiger partial charge >= 0.3 is 0 Å². The fourth-order valence-electron chi connectivity index (χ4n) is 2.93. The van der Waals surface area contributed by atoms with Gasteiger partial charge < -0.3 is 0 Å². The van der Waals surface area contributed by atoms with Crippen molar-refractivity contribution in [2.75, 3.05) is 0 Å². The summed E-state index contributed by atoms with van der Waals surface area (Å²) < 4.78 is 0.998. The lowest BCUT2D eigenvalue weighted by Crippen LogP contribution is -2.06. The fraction of sp³-hybridized carbons (Fsp3) is 0.278. The number of hydrogen-bond donors (Lipinski definition) is 0. The molecule has 2 aromatic rings. The predicted molar refractivity (Wildman–Crippen MR) is 85.4 cm³/mol. The van der Waals surface area contributed by atoms with Gasteiger partial charge in [-0.05, 0) is 54.5 Å². The Morgan fingerprint density at radius 3 is 2.80 bits per heavy atom. The molecule has 0 bridgehead atoms. The molecule has 0 unspecified atom stereocenters. The molecule has 2 heteroatoms. The number of carbonyl (C=O) groups excluding carboxylic acids is 1. The third-order valence-corrected chi connectivity index (χ3v) is 4.95. The number of aryl methyl sites for hydroxylation is 2. The second-order valence-corrected chi connectivity index (χ2v) is 6.32. The van der Waals surface area contributed by atoms with Crippen molar-refractivity contribution < 1.29 is 4.79 Å². The maximum atomic E-state index is 12.5. The Hall–Kier alpha value is -1.41. The van der Waals surface area contributed by atoms with Gasteiger partial charge in [0, 0.05) is 16.5 Å². The first-order chi connectivity index (χ1) is 9.65. The zero-order valence-corrected chi connectivity index (χ0v) is 13.2. The molecule has 0 saturated heterocycles. The molecule has 20 heavy (non-hydrogen) atoms. The smallest absolute Gasteiger partial charge is 0.167 e. The fourth-order valence-corrected chi connectivity index (χ4v) is 3.29. The summed E-state index contributed by atoms with van der Waals surface area (Å²) in [6.07, 6.45) is 4.09. The molecule has 0 N–H and O–H groups in total. The average Bonchev–Trinajstić information content (AvgIpc) is 2.89. The summed E-state index contributed by atoms with van der Waals surface area (Å²) in [4.78, 5) is 12.5. The van der Waals surface area contributed by atoms with E-state index >= 15 is 0 Å². The summed E-state index contributed by atoms with van der Waals surface area (Å²) in [7, 11) is 0. The third kappa shape index (κ3) is 2.57. The molecule has 2 aromatic carbocycles. The largest absolute Gasteiger partial charge is 0.294 e. The summed E-state index contributed by atoms with van der Waals surface area (Å²) in [5, 5.41) is 0. The van der Waals surface area contributed by atoms with Crippen LogP contribution in [0.3, 0.4) is 0 Å². The van der Waals surface area contributed by atoms with E-state index in [-0.39, 0.29) is 5.78 Å². The van der Waals surface area contributed by atoms with E-state index in [1.54, 1.807) is 0 Å². The van der Waals surface area contributed by atoms with Crippen LogP contribution < -0.4 is 0 Å². The van der Waals surface area contributed by atoms with Gasteiger partial charge in [0.1, 0.15) is 0 Å². The van der Waals surface area contributed by atoms with Crippen LogP contribution in [0.4, 0.5) is 0 Å². The summed E-state index contributed by atoms with van der Waals surface area (Å²) in [6.45, 7) is 1.99. The van der Waals surface area contributed by atoms with Crippen LogP contribution in [0.2, 0.25) is 0 Å². The van der Waals surface area contributed by atoms with Gasteiger partial charge in [0.05, 0.1) is 0 Å². The molecule has 0 aromatic heterocycles. The highest BCUT2D eigenvalue weighted by atomic mass is 79.9. The monoisotopic (exact) mass is 328 g/mol. The molecule has 0 radical (unpaired) electrons. The molecule has 0 heterocycles. The Morgan fingerprint density at radius 2 is 1.95 bits per heavy atom. The predicted octanol–water partition coefficient (Wildman–Crippen LogP) is 4.67. The lowest BCUT2D eigenvalue weighted by molar-refractivity contribution is 0.0992. The van der Waals surface area contributed by atoms with Crippen molar-refractivity contribution >= 4 is 21.7 Å². The molecule has 0 aliphatic heterocycles. The molecule has 3 rings (SSSR count). The van der Waals surface area contributed by atoms with Gasteiger partial charge in [-0.1, -0.05) is 46.3 Å². The first-order valence-corrected chi connectivity index (χ1v) is 7.83. The maximum absolute atomic E-state index is 12.5. The van der Waals surface area contributed by atoms with E-state index in [2.05, 4.69) is 34.1 Å². The number of halogens is 1. The quantitative estimate of drug-likeness (QED) is 0.748. The second-order valence-electron chi connectivity index (χ2n) is 5.47. The Balaban J connectivity index is 1.84. The Kier molecular flexibility index (Phi) is 3.75. The lowest BCUT2D eigenvalue weighted by atomic mass is 9.97. The lowest BCUT2D eigenvalue weighted by Gasteiger charge is -2.08. The summed E-state index contributed by atoms with van der Waals surface area (Å²) in [5.74, 6) is 0.196. The topological polar surface area (TPSA) is 17.1 Å². The van der Waals surface area contributed by atoms with Crippen LogP contribution in [-0.2, 0) is 19.3 Å². The number of Topliss-reactive ketones (excluding diaryl/α,β-unsaturated/α-hetero) is 1. The van der Waals surface area contributed by atoms with Gasteiger partial charge in [0.25, 0.3) is 0 Å². The van der Waals surface area contributed by atoms with Crippen LogP contribution >= 0.6 is 15.9 Å². The molecule has 102 valence electrons. The zero-order chi connectivity index (χ0) is 14.1. The minimum absolute atomic E-state index is 0.196. The van der Waals surface area contributed by atoms with Crippen LogP contribution in [0.25, 0.3) is 0 Å². The molecule has 1 aliphatic carbocycles. The van der Waals surface area contributed by atoms with E-state index in [1.165, 1.54) is 24.0 Å². The molecule has 0 fully saturated rings. The molecular weight excluding hydrogens is 312 g/mol. The van der Waals surface area contributed by atoms with Crippen molar-refractivity contribution in [1.82, 2.24) is 0 Å². The minimum Gasteiger partial charge on any atom is -0.294 e. The SMILES string of the molecule is Cc1c(Br)cccc1C(=O)Cc1ccc2c(c1)CCC2. The number of fused-ring (bicyclic) bond motifs is 1. The van der Waals surface area contributed by atoms with Crippen molar-refractivity contribution in [3.8, 4) is 0 Å². The molecule has 0 saturated carbocycles. The molecule has 0 atom stereocenters. The van der Waals surface area contributed by atoms with E-state index in [9.17, 15) is 4.79 Å². The van der Waals surface area contributed by atoms with Crippen molar-refractivity contribution in [3.05, 3.63) is 68.7 Å². The Morgan fingerprint density at radius 1 is 1.15 bits per heavy atom. The van der Waals surface area contributed by atoms with Gasteiger partial charge in [0.2, 0.25) is 0 Å². The summed E-state index contributed by atoms with van der Waals surface area (Å²) in [5.41, 5.74) is 5.87. The number of rotatable bonds is 3. The van der Waals surface area contributed by atoms with Crippen molar-refractivity contribution in [3.63, 3.8) is 0 Å². The van der Waals surface area contributed by atoms with Crippen molar-refractivity contribution in [2.24, 2.45) is 0 Å².